The van der Waals surface area contributed by atoms with Crippen molar-refractivity contribution in [2.45, 2.75) is 52.2 Å². The molecule has 1 unspecified atom stereocenters. The third kappa shape index (κ3) is 3.55. The van der Waals surface area contributed by atoms with Crippen LogP contribution in [0.5, 0.6) is 0 Å². The first-order valence-electron chi connectivity index (χ1n) is 5.00. The molecule has 3 nitrogen and oxygen atoms in total. The summed E-state index contributed by atoms with van der Waals surface area (Å²) in [6, 6.07) is -0.340. The van der Waals surface area contributed by atoms with Crippen LogP contribution in [0.1, 0.15) is 6.92 Å². The molecule has 0 amide bonds. The summed E-state index contributed by atoms with van der Waals surface area (Å²) in [5.74, 6) is -0.699. The molecule has 1 N–H and O–H groups in total. The Labute approximate surface area is 89.3 Å². The highest BCUT2D eigenvalue weighted by atomic mass is 28.4. The fourth-order valence-electron chi connectivity index (χ4n) is 2.28. The molecular weight excluding hydrogens is 210 g/mol. The first kappa shape index (κ1) is 13.9. The van der Waals surface area contributed by atoms with E-state index in [1.807, 2.05) is 0 Å². The minimum Gasteiger partial charge on any atom is -0.480 e. The van der Waals surface area contributed by atoms with Crippen molar-refractivity contribution in [1.82, 2.24) is 4.23 Å². The monoisotopic (exact) mass is 233 g/mol. The minimum atomic E-state index is -1.53. The van der Waals surface area contributed by atoms with Gasteiger partial charge in [-0.05, 0) is 6.92 Å². The third-order valence-corrected chi connectivity index (χ3v) is 9.88. The summed E-state index contributed by atoms with van der Waals surface area (Å²) in [5, 5.41) is 9.08. The van der Waals surface area contributed by atoms with Gasteiger partial charge in [0.25, 0.3) is 0 Å². The number of carboxylic acid groups (broad SMARTS) is 1. The molecule has 0 aromatic rings. The van der Waals surface area contributed by atoms with Crippen LogP contribution in [0.25, 0.3) is 0 Å². The molecule has 0 rings (SSSR count). The predicted octanol–water partition coefficient (Wildman–Crippen LogP) is 2.43. The molecule has 0 saturated carbocycles. The topological polar surface area (TPSA) is 40.5 Å². The highest BCUT2D eigenvalue weighted by molar-refractivity contribution is 6.89. The van der Waals surface area contributed by atoms with E-state index in [-0.39, 0.29) is 6.04 Å². The number of aliphatic carboxylic acids is 1. The van der Waals surface area contributed by atoms with Crippen molar-refractivity contribution in [2.24, 2.45) is 0 Å². The van der Waals surface area contributed by atoms with Crippen LogP contribution in [-0.2, 0) is 4.79 Å². The van der Waals surface area contributed by atoms with Crippen molar-refractivity contribution < 1.29 is 9.90 Å². The molecule has 5 heteroatoms. The Morgan fingerprint density at radius 2 is 1.36 bits per heavy atom. The van der Waals surface area contributed by atoms with Crippen LogP contribution < -0.4 is 0 Å². The van der Waals surface area contributed by atoms with E-state index in [1.165, 1.54) is 0 Å². The molecule has 0 spiro atoms. The van der Waals surface area contributed by atoms with Crippen molar-refractivity contribution in [3.05, 3.63) is 0 Å². The quantitative estimate of drug-likeness (QED) is 0.758. The van der Waals surface area contributed by atoms with Gasteiger partial charge in [-0.3, -0.25) is 4.79 Å². The summed E-state index contributed by atoms with van der Waals surface area (Å²) in [6.07, 6.45) is 0. The van der Waals surface area contributed by atoms with Crippen molar-refractivity contribution >= 4 is 22.4 Å². The molecular formula is C9H23NO2Si2. The van der Waals surface area contributed by atoms with E-state index in [4.69, 9.17) is 5.11 Å². The molecule has 14 heavy (non-hydrogen) atoms. The van der Waals surface area contributed by atoms with Gasteiger partial charge in [-0.1, -0.05) is 39.3 Å². The fourth-order valence-corrected chi connectivity index (χ4v) is 12.9. The largest absolute Gasteiger partial charge is 0.480 e. The maximum Gasteiger partial charge on any atom is 0.319 e. The molecule has 0 bridgehead atoms. The van der Waals surface area contributed by atoms with Gasteiger partial charge < -0.3 is 9.34 Å². The lowest BCUT2D eigenvalue weighted by molar-refractivity contribution is -0.140. The summed E-state index contributed by atoms with van der Waals surface area (Å²) in [4.78, 5) is 11.0. The van der Waals surface area contributed by atoms with E-state index < -0.39 is 22.4 Å². The summed E-state index contributed by atoms with van der Waals surface area (Å²) in [5.41, 5.74) is 0. The van der Waals surface area contributed by atoms with Crippen LogP contribution in [0.15, 0.2) is 0 Å². The van der Waals surface area contributed by atoms with Gasteiger partial charge >= 0.3 is 5.97 Å². The number of carboxylic acids is 1. The van der Waals surface area contributed by atoms with E-state index >= 15 is 0 Å². The average Bonchev–Trinajstić information content (AvgIpc) is 1.79. The van der Waals surface area contributed by atoms with Gasteiger partial charge in [-0.15, -0.1) is 0 Å². The van der Waals surface area contributed by atoms with Crippen molar-refractivity contribution in [2.75, 3.05) is 0 Å². The van der Waals surface area contributed by atoms with Crippen LogP contribution in [0, 0.1) is 0 Å². The van der Waals surface area contributed by atoms with Crippen LogP contribution in [0.4, 0.5) is 0 Å². The average molecular weight is 233 g/mol. The highest BCUT2D eigenvalue weighted by Gasteiger charge is 2.40. The number of carbonyl (C=O) groups is 1. The van der Waals surface area contributed by atoms with Gasteiger partial charge in [0.15, 0.2) is 0 Å². The Hall–Kier alpha value is -0.136. The van der Waals surface area contributed by atoms with Gasteiger partial charge in [0.2, 0.25) is 0 Å². The third-order valence-electron chi connectivity index (χ3n) is 2.19. The minimum absolute atomic E-state index is 0.340. The second-order valence-corrected chi connectivity index (χ2v) is 15.8. The molecule has 0 aliphatic rings. The van der Waals surface area contributed by atoms with Gasteiger partial charge in [0.1, 0.15) is 16.5 Å². The maximum absolute atomic E-state index is 11.0. The van der Waals surface area contributed by atoms with Crippen LogP contribution in [0.3, 0.4) is 0 Å². The zero-order valence-corrected chi connectivity index (χ0v) is 12.4. The SMILES string of the molecule is CC(C(=O)O)N([Si](C)(C)C)[Si](C)(C)C. The Morgan fingerprint density at radius 3 is 1.43 bits per heavy atom. The summed E-state index contributed by atoms with van der Waals surface area (Å²) in [7, 11) is -3.07. The van der Waals surface area contributed by atoms with Gasteiger partial charge in [-0.25, -0.2) is 0 Å². The van der Waals surface area contributed by atoms with Gasteiger partial charge in [-0.2, -0.15) is 0 Å². The Bertz CT molecular complexity index is 204. The molecule has 0 saturated heterocycles. The van der Waals surface area contributed by atoms with E-state index in [0.29, 0.717) is 0 Å². The lowest BCUT2D eigenvalue weighted by Crippen LogP contribution is -2.64. The maximum atomic E-state index is 11.0. The molecule has 0 heterocycles. The Morgan fingerprint density at radius 1 is 1.07 bits per heavy atom. The van der Waals surface area contributed by atoms with Crippen LogP contribution in [0.2, 0.25) is 39.3 Å². The summed E-state index contributed by atoms with van der Waals surface area (Å²) in [6.45, 7) is 15.1. The number of nitrogens with zero attached hydrogens (tertiary/aromatic N) is 1. The molecule has 0 radical (unpaired) electrons. The van der Waals surface area contributed by atoms with Gasteiger partial charge in [0, 0.05) is 0 Å². The molecule has 0 aliphatic carbocycles. The zero-order chi connectivity index (χ0) is 11.7. The van der Waals surface area contributed by atoms with Gasteiger partial charge in [0.05, 0.1) is 6.04 Å². The highest BCUT2D eigenvalue weighted by Crippen LogP contribution is 2.22. The summed E-state index contributed by atoms with van der Waals surface area (Å²) >= 11 is 0. The van der Waals surface area contributed by atoms with Crippen molar-refractivity contribution in [3.8, 4) is 0 Å². The standard InChI is InChI=1S/C9H23NO2Si2/c1-8(9(11)12)10(13(2,3)4)14(5,6)7/h8H,1-7H3,(H,11,12). The van der Waals surface area contributed by atoms with E-state index in [0.717, 1.165) is 0 Å². The number of rotatable bonds is 4. The number of hydrogen-bond acceptors (Lipinski definition) is 2. The summed E-state index contributed by atoms with van der Waals surface area (Å²) < 4.78 is 2.29. The van der Waals surface area contributed by atoms with Crippen LogP contribution >= 0.6 is 0 Å². The first-order chi connectivity index (χ1) is 5.98. The number of hydrogen-bond donors (Lipinski definition) is 1. The lowest BCUT2D eigenvalue weighted by Gasteiger charge is -2.46. The van der Waals surface area contributed by atoms with E-state index in [1.54, 1.807) is 6.92 Å². The Kier molecular flexibility index (Phi) is 4.12. The van der Waals surface area contributed by atoms with Crippen molar-refractivity contribution in [1.29, 1.82) is 0 Å². The second-order valence-electron chi connectivity index (χ2n) is 5.73. The lowest BCUT2D eigenvalue weighted by atomic mass is 10.4. The predicted molar refractivity (Wildman–Crippen MR) is 65.6 cm³/mol. The fraction of sp³-hybridized carbons (Fsp3) is 0.889. The molecule has 0 aromatic carbocycles. The second kappa shape index (κ2) is 4.16. The molecule has 1 atom stereocenters. The smallest absolute Gasteiger partial charge is 0.319 e. The van der Waals surface area contributed by atoms with E-state index in [9.17, 15) is 4.79 Å². The normalized spacial score (nSPS) is 15.7. The molecule has 0 aromatic heterocycles. The van der Waals surface area contributed by atoms with Crippen LogP contribution in [-0.4, -0.2) is 37.8 Å². The molecule has 0 fully saturated rings. The Balaban J connectivity index is 5.03. The zero-order valence-electron chi connectivity index (χ0n) is 10.4. The molecule has 84 valence electrons. The van der Waals surface area contributed by atoms with E-state index in [2.05, 4.69) is 43.5 Å². The first-order valence-corrected chi connectivity index (χ1v) is 11.9. The molecule has 0 aliphatic heterocycles. The van der Waals surface area contributed by atoms with Crippen molar-refractivity contribution in [3.63, 3.8) is 0 Å².